The molecule has 0 saturated carbocycles. The van der Waals surface area contributed by atoms with E-state index in [1.807, 2.05) is 62.6 Å². The molecule has 34 heavy (non-hydrogen) atoms. The van der Waals surface area contributed by atoms with Gasteiger partial charge in [-0.2, -0.15) is 5.10 Å². The van der Waals surface area contributed by atoms with E-state index in [0.717, 1.165) is 58.5 Å². The summed E-state index contributed by atoms with van der Waals surface area (Å²) in [4.78, 5) is 28.6. The fourth-order valence-corrected chi connectivity index (χ4v) is 5.12. The zero-order valence-electron chi connectivity index (χ0n) is 19.3. The van der Waals surface area contributed by atoms with Crippen LogP contribution in [0.3, 0.4) is 0 Å². The summed E-state index contributed by atoms with van der Waals surface area (Å²) in [6.45, 7) is 5.11. The number of nitrogens with one attached hydrogen (secondary N) is 1. The lowest BCUT2D eigenvalue weighted by Gasteiger charge is -2.38. The minimum absolute atomic E-state index is 0.00578. The number of anilines is 2. The van der Waals surface area contributed by atoms with Crippen molar-refractivity contribution in [3.05, 3.63) is 67.1 Å². The molecule has 4 aromatic rings. The van der Waals surface area contributed by atoms with E-state index in [0.29, 0.717) is 0 Å². The Hall–Kier alpha value is -3.43. The Morgan fingerprint density at radius 3 is 2.53 bits per heavy atom. The second kappa shape index (κ2) is 9.82. The Morgan fingerprint density at radius 1 is 1.00 bits per heavy atom. The Labute approximate surface area is 203 Å². The maximum absolute atomic E-state index is 13.1. The van der Waals surface area contributed by atoms with Gasteiger partial charge in [0.1, 0.15) is 12.1 Å². The third-order valence-corrected chi connectivity index (χ3v) is 7.25. The van der Waals surface area contributed by atoms with E-state index in [9.17, 15) is 4.79 Å². The summed E-state index contributed by atoms with van der Waals surface area (Å²) in [6.07, 6.45) is 3.41. The summed E-state index contributed by atoms with van der Waals surface area (Å²) < 4.78 is 1.76. The minimum Gasteiger partial charge on any atom is -0.353 e. The van der Waals surface area contributed by atoms with Crippen LogP contribution in [0.4, 0.5) is 11.5 Å². The van der Waals surface area contributed by atoms with Crippen molar-refractivity contribution in [2.75, 3.05) is 36.4 Å². The molecule has 0 aliphatic carbocycles. The maximum atomic E-state index is 13.1. The standard InChI is InChI=1S/C25H27N7OS/c1-18(25(33)29-21-10-6-7-11-22(21)34-19-8-4-3-5-9-19)31-12-14-32(15-13-31)24-20-16-28-30(2)23(20)26-17-27-24/h3-11,16-18H,12-15H2,1-2H3,(H,29,33). The first kappa shape index (κ1) is 22.4. The molecule has 1 unspecified atom stereocenters. The number of amides is 1. The van der Waals surface area contributed by atoms with Crippen molar-refractivity contribution in [2.45, 2.75) is 22.8 Å². The number of rotatable bonds is 6. The van der Waals surface area contributed by atoms with E-state index in [2.05, 4.69) is 42.3 Å². The molecule has 1 atom stereocenters. The largest absolute Gasteiger partial charge is 0.353 e. The summed E-state index contributed by atoms with van der Waals surface area (Å²) in [6, 6.07) is 17.9. The first-order valence-corrected chi connectivity index (χ1v) is 12.2. The lowest BCUT2D eigenvalue weighted by Crippen LogP contribution is -2.53. The highest BCUT2D eigenvalue weighted by atomic mass is 32.2. The number of nitrogens with zero attached hydrogens (tertiary/aromatic N) is 6. The monoisotopic (exact) mass is 473 g/mol. The molecule has 8 nitrogen and oxygen atoms in total. The van der Waals surface area contributed by atoms with Crippen LogP contribution in [0.25, 0.3) is 11.0 Å². The average molecular weight is 474 g/mol. The van der Waals surface area contributed by atoms with Gasteiger partial charge in [0.15, 0.2) is 5.65 Å². The van der Waals surface area contributed by atoms with Crippen LogP contribution in [0, 0.1) is 0 Å². The van der Waals surface area contributed by atoms with Crippen LogP contribution < -0.4 is 10.2 Å². The van der Waals surface area contributed by atoms with E-state index in [1.54, 1.807) is 22.8 Å². The predicted octanol–water partition coefficient (Wildman–Crippen LogP) is 3.66. The molecule has 174 valence electrons. The number of aryl methyl sites for hydroxylation is 1. The Kier molecular flexibility index (Phi) is 6.46. The van der Waals surface area contributed by atoms with E-state index in [-0.39, 0.29) is 11.9 Å². The Bertz CT molecular complexity index is 1280. The summed E-state index contributed by atoms with van der Waals surface area (Å²) in [5.74, 6) is 0.910. The highest BCUT2D eigenvalue weighted by Gasteiger charge is 2.27. The van der Waals surface area contributed by atoms with Gasteiger partial charge in [0, 0.05) is 43.0 Å². The number of fused-ring (bicyclic) bond motifs is 1. The van der Waals surface area contributed by atoms with E-state index in [4.69, 9.17) is 0 Å². The Morgan fingerprint density at radius 2 is 1.74 bits per heavy atom. The molecule has 1 aliphatic heterocycles. The molecule has 1 N–H and O–H groups in total. The van der Waals surface area contributed by atoms with E-state index >= 15 is 0 Å². The normalized spacial score (nSPS) is 15.4. The Balaban J connectivity index is 1.22. The van der Waals surface area contributed by atoms with Crippen LogP contribution in [-0.2, 0) is 11.8 Å². The first-order chi connectivity index (χ1) is 16.6. The van der Waals surface area contributed by atoms with Crippen molar-refractivity contribution in [1.82, 2.24) is 24.6 Å². The molecular formula is C25H27N7OS. The number of carbonyl (C=O) groups is 1. The minimum atomic E-state index is -0.235. The summed E-state index contributed by atoms with van der Waals surface area (Å²) >= 11 is 1.65. The van der Waals surface area contributed by atoms with Gasteiger partial charge in [0.25, 0.3) is 0 Å². The smallest absolute Gasteiger partial charge is 0.241 e. The lowest BCUT2D eigenvalue weighted by atomic mass is 10.2. The van der Waals surface area contributed by atoms with Crippen molar-refractivity contribution in [3.8, 4) is 0 Å². The van der Waals surface area contributed by atoms with Crippen LogP contribution in [0.15, 0.2) is 76.9 Å². The van der Waals surface area contributed by atoms with Gasteiger partial charge in [-0.3, -0.25) is 14.4 Å². The molecule has 1 saturated heterocycles. The highest BCUT2D eigenvalue weighted by molar-refractivity contribution is 7.99. The van der Waals surface area contributed by atoms with Crippen LogP contribution in [0.2, 0.25) is 0 Å². The van der Waals surface area contributed by atoms with Gasteiger partial charge in [-0.1, -0.05) is 42.1 Å². The maximum Gasteiger partial charge on any atom is 0.241 e. The van der Waals surface area contributed by atoms with Crippen molar-refractivity contribution < 1.29 is 4.79 Å². The number of hydrogen-bond acceptors (Lipinski definition) is 7. The summed E-state index contributed by atoms with van der Waals surface area (Å²) in [5, 5.41) is 8.42. The number of carbonyl (C=O) groups excluding carboxylic acids is 1. The molecule has 0 spiro atoms. The van der Waals surface area contributed by atoms with Crippen molar-refractivity contribution in [3.63, 3.8) is 0 Å². The van der Waals surface area contributed by atoms with Crippen LogP contribution in [-0.4, -0.2) is 62.8 Å². The van der Waals surface area contributed by atoms with Gasteiger partial charge in [-0.25, -0.2) is 9.97 Å². The fourth-order valence-electron chi connectivity index (χ4n) is 4.20. The number of para-hydroxylation sites is 1. The molecule has 0 bridgehead atoms. The zero-order valence-corrected chi connectivity index (χ0v) is 20.1. The number of hydrogen-bond donors (Lipinski definition) is 1. The molecule has 5 rings (SSSR count). The lowest BCUT2D eigenvalue weighted by molar-refractivity contribution is -0.120. The van der Waals surface area contributed by atoms with Crippen LogP contribution in [0.1, 0.15) is 6.92 Å². The van der Waals surface area contributed by atoms with Gasteiger partial charge >= 0.3 is 0 Å². The predicted molar refractivity (Wildman–Crippen MR) is 135 cm³/mol. The molecule has 1 aliphatic rings. The van der Waals surface area contributed by atoms with E-state index < -0.39 is 0 Å². The van der Waals surface area contributed by atoms with Crippen molar-refractivity contribution in [2.24, 2.45) is 7.05 Å². The van der Waals surface area contributed by atoms with Gasteiger partial charge < -0.3 is 10.2 Å². The zero-order chi connectivity index (χ0) is 23.5. The molecule has 2 aromatic carbocycles. The molecule has 2 aromatic heterocycles. The second-order valence-electron chi connectivity index (χ2n) is 8.30. The molecule has 1 fully saturated rings. The van der Waals surface area contributed by atoms with E-state index in [1.165, 1.54) is 0 Å². The molecule has 0 radical (unpaired) electrons. The molecule has 3 heterocycles. The third kappa shape index (κ3) is 4.62. The molecule has 1 amide bonds. The average Bonchev–Trinajstić information content (AvgIpc) is 3.26. The first-order valence-electron chi connectivity index (χ1n) is 11.3. The van der Waals surface area contributed by atoms with Crippen LogP contribution >= 0.6 is 11.8 Å². The van der Waals surface area contributed by atoms with Gasteiger partial charge in [-0.05, 0) is 31.2 Å². The van der Waals surface area contributed by atoms with Gasteiger partial charge in [-0.15, -0.1) is 0 Å². The van der Waals surface area contributed by atoms with Crippen molar-refractivity contribution >= 4 is 40.2 Å². The fraction of sp³-hybridized carbons (Fsp3) is 0.280. The van der Waals surface area contributed by atoms with Gasteiger partial charge in [0.2, 0.25) is 5.91 Å². The second-order valence-corrected chi connectivity index (χ2v) is 9.42. The van der Waals surface area contributed by atoms with Crippen LogP contribution in [0.5, 0.6) is 0 Å². The SMILES string of the molecule is CC(C(=O)Nc1ccccc1Sc1ccccc1)N1CCN(c2ncnc3c2cnn3C)CC1. The van der Waals surface area contributed by atoms with Gasteiger partial charge in [0.05, 0.1) is 23.3 Å². The number of aromatic nitrogens is 4. The molecule has 9 heteroatoms. The summed E-state index contributed by atoms with van der Waals surface area (Å²) in [7, 11) is 1.88. The third-order valence-electron chi connectivity index (χ3n) is 6.17. The summed E-state index contributed by atoms with van der Waals surface area (Å²) in [5.41, 5.74) is 1.67. The number of piperazine rings is 1. The highest BCUT2D eigenvalue weighted by Crippen LogP contribution is 2.33. The molecular weight excluding hydrogens is 446 g/mol. The van der Waals surface area contributed by atoms with Crippen molar-refractivity contribution in [1.29, 1.82) is 0 Å². The number of benzene rings is 2. The quantitative estimate of drug-likeness (QED) is 0.458. The topological polar surface area (TPSA) is 79.2 Å².